The Morgan fingerprint density at radius 2 is 2.00 bits per heavy atom. The number of thiol groups is 1. The van der Waals surface area contributed by atoms with Crippen molar-refractivity contribution in [2.75, 3.05) is 0 Å². The van der Waals surface area contributed by atoms with Gasteiger partial charge in [-0.15, -0.1) is 0 Å². The maximum Gasteiger partial charge on any atom is 0.275 e. The Balaban J connectivity index is 2.63. The van der Waals surface area contributed by atoms with Gasteiger partial charge in [0, 0.05) is 11.8 Å². The van der Waals surface area contributed by atoms with Crippen LogP contribution in [0.1, 0.15) is 5.69 Å². The number of hydrogen-bond donors (Lipinski definition) is 2. The summed E-state index contributed by atoms with van der Waals surface area (Å²) in [6, 6.07) is 5.79. The van der Waals surface area contributed by atoms with E-state index in [0.717, 1.165) is 10.7 Å². The molecule has 0 saturated carbocycles. The van der Waals surface area contributed by atoms with Gasteiger partial charge < -0.3 is 5.11 Å². The molecule has 0 aliphatic rings. The second kappa shape index (κ2) is 5.22. The molecule has 1 heterocycles. The smallest absolute Gasteiger partial charge is 0.275 e. The van der Waals surface area contributed by atoms with E-state index in [1.807, 2.05) is 0 Å². The van der Waals surface area contributed by atoms with Crippen molar-refractivity contribution in [1.82, 2.24) is 9.78 Å². The van der Waals surface area contributed by atoms with Crippen molar-refractivity contribution in [2.45, 2.75) is 5.75 Å². The predicted molar refractivity (Wildman–Crippen MR) is 74.2 cm³/mol. The molecule has 2 aromatic rings. The minimum absolute atomic E-state index is 0.175. The van der Waals surface area contributed by atoms with Crippen LogP contribution in [0, 0.1) is 0 Å². The molecule has 0 unspecified atom stereocenters. The molecule has 94 valence electrons. The molecular formula is C11H8Cl2N2O2S. The molecular weight excluding hydrogens is 295 g/mol. The number of nitrogens with zero attached hydrogens (tertiary/aromatic N) is 2. The van der Waals surface area contributed by atoms with Gasteiger partial charge in [0.15, 0.2) is 0 Å². The van der Waals surface area contributed by atoms with E-state index in [9.17, 15) is 9.90 Å². The van der Waals surface area contributed by atoms with E-state index in [2.05, 4.69) is 17.7 Å². The molecule has 1 aromatic heterocycles. The summed E-state index contributed by atoms with van der Waals surface area (Å²) in [5.41, 5.74) is 0.317. The zero-order valence-corrected chi connectivity index (χ0v) is 11.4. The minimum Gasteiger partial charge on any atom is -0.506 e. The maximum atomic E-state index is 11.7. The Bertz CT molecular complexity index is 658. The first-order valence-electron chi connectivity index (χ1n) is 4.91. The number of benzene rings is 1. The summed E-state index contributed by atoms with van der Waals surface area (Å²) in [5, 5.41) is 14.2. The predicted octanol–water partition coefficient (Wildman–Crippen LogP) is 2.67. The molecule has 0 aliphatic carbocycles. The molecule has 18 heavy (non-hydrogen) atoms. The Morgan fingerprint density at radius 1 is 1.28 bits per heavy atom. The Kier molecular flexibility index (Phi) is 3.85. The van der Waals surface area contributed by atoms with Crippen LogP contribution in [0.3, 0.4) is 0 Å². The van der Waals surface area contributed by atoms with Crippen LogP contribution in [0.4, 0.5) is 0 Å². The largest absolute Gasteiger partial charge is 0.506 e. The molecule has 7 heteroatoms. The summed E-state index contributed by atoms with van der Waals surface area (Å²) in [4.78, 5) is 11.7. The first-order valence-corrected chi connectivity index (χ1v) is 6.30. The van der Waals surface area contributed by atoms with E-state index in [1.165, 1.54) is 6.07 Å². The highest BCUT2D eigenvalue weighted by Crippen LogP contribution is 2.24. The molecule has 1 aromatic carbocycles. The van der Waals surface area contributed by atoms with Crippen LogP contribution >= 0.6 is 35.8 Å². The first-order chi connectivity index (χ1) is 8.52. The van der Waals surface area contributed by atoms with Crippen LogP contribution in [0.25, 0.3) is 5.69 Å². The highest BCUT2D eigenvalue weighted by molar-refractivity contribution is 7.79. The van der Waals surface area contributed by atoms with Crippen LogP contribution in [0.15, 0.2) is 29.1 Å². The lowest BCUT2D eigenvalue weighted by Crippen LogP contribution is -2.21. The summed E-state index contributed by atoms with van der Waals surface area (Å²) in [5.74, 6) is 0.0410. The van der Waals surface area contributed by atoms with Crippen molar-refractivity contribution in [1.29, 1.82) is 0 Å². The normalized spacial score (nSPS) is 10.6. The number of rotatable bonds is 2. The van der Waals surface area contributed by atoms with E-state index >= 15 is 0 Å². The Labute approximate surface area is 118 Å². The molecule has 0 radical (unpaired) electrons. The Morgan fingerprint density at radius 3 is 2.61 bits per heavy atom. The highest BCUT2D eigenvalue weighted by atomic mass is 35.5. The third kappa shape index (κ3) is 2.48. The molecule has 0 fully saturated rings. The zero-order chi connectivity index (χ0) is 13.3. The van der Waals surface area contributed by atoms with E-state index in [4.69, 9.17) is 23.2 Å². The van der Waals surface area contributed by atoms with Gasteiger partial charge in [-0.3, -0.25) is 4.79 Å². The maximum absolute atomic E-state index is 11.7. The fourth-order valence-electron chi connectivity index (χ4n) is 1.40. The third-order valence-corrected chi connectivity index (χ3v) is 3.32. The number of aromatic nitrogens is 2. The van der Waals surface area contributed by atoms with Gasteiger partial charge in [-0.1, -0.05) is 23.2 Å². The van der Waals surface area contributed by atoms with Gasteiger partial charge in [-0.05, 0) is 18.2 Å². The first kappa shape index (κ1) is 13.3. The molecule has 0 aliphatic heterocycles. The summed E-state index contributed by atoms with van der Waals surface area (Å²) in [6.45, 7) is 0. The van der Waals surface area contributed by atoms with Crippen molar-refractivity contribution in [3.8, 4) is 11.4 Å². The summed E-state index contributed by atoms with van der Waals surface area (Å²) < 4.78 is 1.13. The molecule has 4 nitrogen and oxygen atoms in total. The van der Waals surface area contributed by atoms with Gasteiger partial charge in [-0.2, -0.15) is 22.4 Å². The summed E-state index contributed by atoms with van der Waals surface area (Å²) >= 11 is 15.7. The zero-order valence-electron chi connectivity index (χ0n) is 8.97. The molecule has 0 bridgehead atoms. The third-order valence-electron chi connectivity index (χ3n) is 2.28. The molecule has 0 amide bonds. The Hall–Kier alpha value is -1.17. The van der Waals surface area contributed by atoms with Crippen molar-refractivity contribution in [3.05, 3.63) is 50.4 Å². The lowest BCUT2D eigenvalue weighted by molar-refractivity contribution is 0.460. The molecule has 2 rings (SSSR count). The van der Waals surface area contributed by atoms with Gasteiger partial charge in [0.1, 0.15) is 11.4 Å². The highest BCUT2D eigenvalue weighted by Gasteiger charge is 2.09. The van der Waals surface area contributed by atoms with Crippen LogP contribution in [0.2, 0.25) is 10.0 Å². The van der Waals surface area contributed by atoms with Crippen LogP contribution in [-0.2, 0) is 5.75 Å². The molecule has 0 saturated heterocycles. The fraction of sp³-hybridized carbons (Fsp3) is 0.0909. The van der Waals surface area contributed by atoms with Crippen molar-refractivity contribution < 1.29 is 5.11 Å². The van der Waals surface area contributed by atoms with Gasteiger partial charge >= 0.3 is 0 Å². The van der Waals surface area contributed by atoms with E-state index in [-0.39, 0.29) is 11.5 Å². The van der Waals surface area contributed by atoms with Gasteiger partial charge in [0.25, 0.3) is 5.56 Å². The molecule has 0 atom stereocenters. The average molecular weight is 303 g/mol. The van der Waals surface area contributed by atoms with Crippen molar-refractivity contribution in [3.63, 3.8) is 0 Å². The standard InChI is InChI=1S/C11H8Cl2N2O2S/c12-7-2-1-6(3-8(7)13)15-11(17)4-10(16)9(5-18)14-15/h1-4,16,18H,5H2. The topological polar surface area (TPSA) is 55.1 Å². The quantitative estimate of drug-likeness (QED) is 0.839. The number of aromatic hydroxyl groups is 1. The average Bonchev–Trinajstić information content (AvgIpc) is 2.33. The van der Waals surface area contributed by atoms with Gasteiger partial charge in [0.05, 0.1) is 15.7 Å². The molecule has 1 N–H and O–H groups in total. The monoisotopic (exact) mass is 302 g/mol. The van der Waals surface area contributed by atoms with Gasteiger partial charge in [-0.25, -0.2) is 0 Å². The summed E-state index contributed by atoms with van der Waals surface area (Å²) in [6.07, 6.45) is 0. The lowest BCUT2D eigenvalue weighted by atomic mass is 10.3. The molecule has 0 spiro atoms. The number of hydrogen-bond acceptors (Lipinski definition) is 4. The summed E-state index contributed by atoms with van der Waals surface area (Å²) in [7, 11) is 0. The number of halogens is 2. The van der Waals surface area contributed by atoms with E-state index in [0.29, 0.717) is 21.4 Å². The van der Waals surface area contributed by atoms with E-state index in [1.54, 1.807) is 12.1 Å². The van der Waals surface area contributed by atoms with Crippen molar-refractivity contribution >= 4 is 35.8 Å². The fourth-order valence-corrected chi connectivity index (χ4v) is 1.91. The lowest BCUT2D eigenvalue weighted by Gasteiger charge is -2.08. The van der Waals surface area contributed by atoms with E-state index < -0.39 is 5.56 Å². The minimum atomic E-state index is -0.462. The van der Waals surface area contributed by atoms with Crippen molar-refractivity contribution in [2.24, 2.45) is 0 Å². The van der Waals surface area contributed by atoms with Crippen LogP contribution < -0.4 is 5.56 Å². The van der Waals surface area contributed by atoms with Gasteiger partial charge in [0.2, 0.25) is 0 Å². The van der Waals surface area contributed by atoms with Crippen LogP contribution in [-0.4, -0.2) is 14.9 Å². The van der Waals surface area contributed by atoms with Crippen LogP contribution in [0.5, 0.6) is 5.75 Å². The second-order valence-corrected chi connectivity index (χ2v) is 4.61. The second-order valence-electron chi connectivity index (χ2n) is 3.48. The SMILES string of the molecule is O=c1cc(O)c(CS)nn1-c1ccc(Cl)c(Cl)c1.